The Hall–Kier alpha value is -3.29. The third kappa shape index (κ3) is 4.03. The SMILES string of the molecule is O=C(NC(CN1CCCC1=O)c1cccc(C(F)(F)F)c1)c1coc2ccccc12. The molecule has 4 rings (SSSR count). The van der Waals surface area contributed by atoms with Crippen LogP contribution in [0.1, 0.15) is 40.4 Å². The maximum atomic E-state index is 13.2. The van der Waals surface area contributed by atoms with Crippen molar-refractivity contribution in [2.75, 3.05) is 13.1 Å². The van der Waals surface area contributed by atoms with Gasteiger partial charge in [-0.2, -0.15) is 13.2 Å². The van der Waals surface area contributed by atoms with Crippen molar-refractivity contribution in [3.05, 3.63) is 71.5 Å². The molecule has 0 radical (unpaired) electrons. The standard InChI is InChI=1S/C22H19F3N2O3/c23-22(24,25)15-6-3-5-14(11-15)18(12-27-10-4-9-20(27)28)26-21(29)17-13-30-19-8-2-1-7-16(17)19/h1-3,5-8,11,13,18H,4,9-10,12H2,(H,26,29). The number of hydrogen-bond donors (Lipinski definition) is 1. The summed E-state index contributed by atoms with van der Waals surface area (Å²) in [7, 11) is 0. The number of amides is 2. The van der Waals surface area contributed by atoms with Gasteiger partial charge in [0.25, 0.3) is 5.91 Å². The summed E-state index contributed by atoms with van der Waals surface area (Å²) >= 11 is 0. The highest BCUT2D eigenvalue weighted by Crippen LogP contribution is 2.31. The van der Waals surface area contributed by atoms with Gasteiger partial charge in [-0.05, 0) is 30.2 Å². The first-order valence-corrected chi connectivity index (χ1v) is 9.55. The zero-order valence-electron chi connectivity index (χ0n) is 15.9. The van der Waals surface area contributed by atoms with E-state index in [1.165, 1.54) is 18.4 Å². The van der Waals surface area contributed by atoms with Gasteiger partial charge < -0.3 is 14.6 Å². The lowest BCUT2D eigenvalue weighted by Crippen LogP contribution is -2.38. The van der Waals surface area contributed by atoms with Crippen LogP contribution in [0.4, 0.5) is 13.2 Å². The third-order valence-corrected chi connectivity index (χ3v) is 5.22. The lowest BCUT2D eigenvalue weighted by Gasteiger charge is -2.25. The monoisotopic (exact) mass is 416 g/mol. The molecule has 3 aromatic rings. The quantitative estimate of drug-likeness (QED) is 0.664. The Morgan fingerprint density at radius 2 is 1.97 bits per heavy atom. The van der Waals surface area contributed by atoms with E-state index in [0.717, 1.165) is 12.1 Å². The summed E-state index contributed by atoms with van der Waals surface area (Å²) in [5.41, 5.74) is 0.301. The lowest BCUT2D eigenvalue weighted by atomic mass is 10.0. The van der Waals surface area contributed by atoms with Crippen LogP contribution in [0.3, 0.4) is 0 Å². The molecule has 2 aromatic carbocycles. The molecule has 1 atom stereocenters. The molecule has 1 aliphatic heterocycles. The molecule has 5 nitrogen and oxygen atoms in total. The van der Waals surface area contributed by atoms with E-state index in [-0.39, 0.29) is 23.6 Å². The Balaban J connectivity index is 1.65. The molecule has 30 heavy (non-hydrogen) atoms. The molecule has 1 N–H and O–H groups in total. The fraction of sp³-hybridized carbons (Fsp3) is 0.273. The van der Waals surface area contributed by atoms with Gasteiger partial charge in [0.1, 0.15) is 11.8 Å². The van der Waals surface area contributed by atoms with E-state index in [1.807, 2.05) is 0 Å². The summed E-state index contributed by atoms with van der Waals surface area (Å²) in [5.74, 6) is -0.552. The van der Waals surface area contributed by atoms with E-state index < -0.39 is 23.7 Å². The summed E-state index contributed by atoms with van der Waals surface area (Å²) in [6.45, 7) is 0.612. The van der Waals surface area contributed by atoms with Gasteiger partial charge in [-0.15, -0.1) is 0 Å². The van der Waals surface area contributed by atoms with Crippen LogP contribution in [-0.4, -0.2) is 29.8 Å². The zero-order valence-corrected chi connectivity index (χ0v) is 15.9. The minimum Gasteiger partial charge on any atom is -0.463 e. The predicted molar refractivity (Wildman–Crippen MR) is 104 cm³/mol. The Morgan fingerprint density at radius 1 is 1.17 bits per heavy atom. The average molecular weight is 416 g/mol. The average Bonchev–Trinajstić information content (AvgIpc) is 3.33. The number of nitrogens with one attached hydrogen (secondary N) is 1. The molecule has 1 unspecified atom stereocenters. The van der Waals surface area contributed by atoms with E-state index in [4.69, 9.17) is 4.42 Å². The molecule has 1 aromatic heterocycles. The van der Waals surface area contributed by atoms with Gasteiger partial charge in [-0.3, -0.25) is 9.59 Å². The van der Waals surface area contributed by atoms with Crippen molar-refractivity contribution in [1.82, 2.24) is 10.2 Å². The first-order chi connectivity index (χ1) is 14.3. The first kappa shape index (κ1) is 20.0. The number of likely N-dealkylation sites (tertiary alicyclic amines) is 1. The fourth-order valence-electron chi connectivity index (χ4n) is 3.67. The number of carbonyl (C=O) groups excluding carboxylic acids is 2. The second-order valence-electron chi connectivity index (χ2n) is 7.24. The molecule has 0 spiro atoms. The highest BCUT2D eigenvalue weighted by Gasteiger charge is 2.32. The molecule has 2 amide bonds. The van der Waals surface area contributed by atoms with Crippen LogP contribution < -0.4 is 5.32 Å². The normalized spacial score (nSPS) is 15.6. The highest BCUT2D eigenvalue weighted by molar-refractivity contribution is 6.06. The second kappa shape index (κ2) is 7.85. The Kier molecular flexibility index (Phi) is 5.24. The minimum atomic E-state index is -4.51. The Labute approximate surface area is 170 Å². The number of furan rings is 1. The van der Waals surface area contributed by atoms with Gasteiger partial charge in [0, 0.05) is 24.9 Å². The van der Waals surface area contributed by atoms with Gasteiger partial charge in [-0.1, -0.05) is 30.3 Å². The smallest absolute Gasteiger partial charge is 0.416 e. The van der Waals surface area contributed by atoms with Crippen molar-refractivity contribution >= 4 is 22.8 Å². The molecule has 1 aliphatic rings. The topological polar surface area (TPSA) is 62.6 Å². The van der Waals surface area contributed by atoms with Crippen molar-refractivity contribution in [3.8, 4) is 0 Å². The number of rotatable bonds is 5. The number of para-hydroxylation sites is 1. The molecule has 0 aliphatic carbocycles. The van der Waals surface area contributed by atoms with Crippen molar-refractivity contribution < 1.29 is 27.2 Å². The minimum absolute atomic E-state index is 0.0741. The summed E-state index contributed by atoms with van der Waals surface area (Å²) in [5, 5.41) is 3.40. The molecule has 2 heterocycles. The molecule has 156 valence electrons. The zero-order chi connectivity index (χ0) is 21.3. The van der Waals surface area contributed by atoms with Crippen molar-refractivity contribution in [3.63, 3.8) is 0 Å². The third-order valence-electron chi connectivity index (χ3n) is 5.22. The molecule has 0 bridgehead atoms. The van der Waals surface area contributed by atoms with Crippen LogP contribution in [0.15, 0.2) is 59.2 Å². The first-order valence-electron chi connectivity index (χ1n) is 9.55. The van der Waals surface area contributed by atoms with Crippen LogP contribution in [0.25, 0.3) is 11.0 Å². The number of halogens is 3. The number of hydrogen-bond acceptors (Lipinski definition) is 3. The number of nitrogens with zero attached hydrogens (tertiary/aromatic N) is 1. The maximum Gasteiger partial charge on any atom is 0.416 e. The van der Waals surface area contributed by atoms with E-state index >= 15 is 0 Å². The van der Waals surface area contributed by atoms with Crippen LogP contribution >= 0.6 is 0 Å². The molecule has 8 heteroatoms. The maximum absolute atomic E-state index is 13.2. The van der Waals surface area contributed by atoms with Crippen molar-refractivity contribution in [1.29, 1.82) is 0 Å². The van der Waals surface area contributed by atoms with Crippen molar-refractivity contribution in [2.24, 2.45) is 0 Å². The van der Waals surface area contributed by atoms with Crippen LogP contribution in [0.5, 0.6) is 0 Å². The largest absolute Gasteiger partial charge is 0.463 e. The van der Waals surface area contributed by atoms with Crippen molar-refractivity contribution in [2.45, 2.75) is 25.1 Å². The van der Waals surface area contributed by atoms with E-state index in [2.05, 4.69) is 5.32 Å². The number of fused-ring (bicyclic) bond motifs is 1. The van der Waals surface area contributed by atoms with Crippen LogP contribution in [0.2, 0.25) is 0 Å². The van der Waals surface area contributed by atoms with Crippen LogP contribution in [-0.2, 0) is 11.0 Å². The van der Waals surface area contributed by atoms with E-state index in [0.29, 0.717) is 30.4 Å². The fourth-order valence-corrected chi connectivity index (χ4v) is 3.67. The van der Waals surface area contributed by atoms with E-state index in [1.54, 1.807) is 29.2 Å². The number of alkyl halides is 3. The van der Waals surface area contributed by atoms with Gasteiger partial charge >= 0.3 is 6.18 Å². The molecular formula is C22H19F3N2O3. The van der Waals surface area contributed by atoms with Gasteiger partial charge in [0.15, 0.2) is 0 Å². The predicted octanol–water partition coefficient (Wildman–Crippen LogP) is 4.55. The summed E-state index contributed by atoms with van der Waals surface area (Å²) < 4.78 is 45.0. The Morgan fingerprint density at radius 3 is 2.70 bits per heavy atom. The number of benzene rings is 2. The van der Waals surface area contributed by atoms with Gasteiger partial charge in [0.05, 0.1) is 17.2 Å². The van der Waals surface area contributed by atoms with Crippen LogP contribution in [0, 0.1) is 0 Å². The molecular weight excluding hydrogens is 397 g/mol. The Bertz CT molecular complexity index is 1090. The van der Waals surface area contributed by atoms with Gasteiger partial charge in [0.2, 0.25) is 5.91 Å². The lowest BCUT2D eigenvalue weighted by molar-refractivity contribution is -0.137. The summed E-state index contributed by atoms with van der Waals surface area (Å²) in [6.07, 6.45) is -2.09. The number of carbonyl (C=O) groups is 2. The molecule has 1 saturated heterocycles. The summed E-state index contributed by atoms with van der Waals surface area (Å²) in [6, 6.07) is 11.0. The molecule has 0 saturated carbocycles. The highest BCUT2D eigenvalue weighted by atomic mass is 19.4. The molecule has 1 fully saturated rings. The van der Waals surface area contributed by atoms with Gasteiger partial charge in [-0.25, -0.2) is 0 Å². The summed E-state index contributed by atoms with van der Waals surface area (Å²) in [4.78, 5) is 26.6. The second-order valence-corrected chi connectivity index (χ2v) is 7.24. The van der Waals surface area contributed by atoms with E-state index in [9.17, 15) is 22.8 Å².